The van der Waals surface area contributed by atoms with Gasteiger partial charge < -0.3 is 9.80 Å². The minimum Gasteiger partial charge on any atom is -0.366 e. The summed E-state index contributed by atoms with van der Waals surface area (Å²) in [5.41, 5.74) is 19.6. The standard InChI is InChI=1S/C53H44N2/c1-52(2,3)54-29-28-34-16-12-21-42(51(34)54)45-31-37(32-47-50(45)43-19-10-11-23-46(43)53(47,4)5)55(36-25-24-33-14-6-7-15-35(33)30-36)48-27-26-41-39-18-9-8-17-38(39)40-20-13-22-44(48)49(40)41/h6-27,30-32H,28-29H2,1-5H3. The molecule has 0 atom stereocenters. The molecule has 55 heavy (non-hydrogen) atoms. The van der Waals surface area contributed by atoms with Crippen molar-refractivity contribution in [3.63, 3.8) is 0 Å². The zero-order valence-electron chi connectivity index (χ0n) is 32.2. The van der Waals surface area contributed by atoms with Gasteiger partial charge in [-0.2, -0.15) is 0 Å². The molecular formula is C53H44N2. The number of benzene rings is 8. The van der Waals surface area contributed by atoms with Crippen molar-refractivity contribution in [3.8, 4) is 44.5 Å². The van der Waals surface area contributed by atoms with Gasteiger partial charge in [0.1, 0.15) is 0 Å². The predicted molar refractivity (Wildman–Crippen MR) is 234 cm³/mol. The number of nitrogens with zero attached hydrogens (tertiary/aromatic N) is 2. The van der Waals surface area contributed by atoms with Crippen LogP contribution in [0.1, 0.15) is 51.3 Å². The van der Waals surface area contributed by atoms with Crippen molar-refractivity contribution in [1.29, 1.82) is 0 Å². The maximum absolute atomic E-state index is 2.64. The topological polar surface area (TPSA) is 6.48 Å². The summed E-state index contributed by atoms with van der Waals surface area (Å²) in [5.74, 6) is 0. The molecule has 0 spiro atoms. The fourth-order valence-electron chi connectivity index (χ4n) is 10.2. The Morgan fingerprint density at radius 2 is 1.20 bits per heavy atom. The van der Waals surface area contributed by atoms with E-state index in [1.807, 2.05) is 0 Å². The van der Waals surface area contributed by atoms with Gasteiger partial charge in [0.25, 0.3) is 0 Å². The molecule has 0 saturated heterocycles. The van der Waals surface area contributed by atoms with E-state index in [9.17, 15) is 0 Å². The third kappa shape index (κ3) is 4.61. The lowest BCUT2D eigenvalue weighted by Gasteiger charge is -2.36. The van der Waals surface area contributed by atoms with Gasteiger partial charge in [-0.25, -0.2) is 0 Å². The molecule has 0 aromatic heterocycles. The van der Waals surface area contributed by atoms with E-state index in [2.05, 4.69) is 196 Å². The Kier molecular flexibility index (Phi) is 6.73. The molecule has 1 aliphatic heterocycles. The number of hydrogen-bond donors (Lipinski definition) is 0. The Morgan fingerprint density at radius 1 is 0.527 bits per heavy atom. The molecule has 11 rings (SSSR count). The number of fused-ring (bicyclic) bond motifs is 8. The van der Waals surface area contributed by atoms with Crippen LogP contribution in [0.3, 0.4) is 0 Å². The van der Waals surface area contributed by atoms with Crippen LogP contribution in [-0.4, -0.2) is 12.1 Å². The lowest BCUT2D eigenvalue weighted by atomic mass is 9.81. The third-order valence-corrected chi connectivity index (χ3v) is 12.8. The Balaban J connectivity index is 1.24. The summed E-state index contributed by atoms with van der Waals surface area (Å²) in [6.07, 6.45) is 1.07. The maximum atomic E-state index is 2.64. The van der Waals surface area contributed by atoms with E-state index in [0.717, 1.165) is 18.7 Å². The van der Waals surface area contributed by atoms with E-state index in [1.54, 1.807) is 0 Å². The molecule has 2 aliphatic carbocycles. The fourth-order valence-corrected chi connectivity index (χ4v) is 10.2. The molecule has 3 aliphatic rings. The molecule has 266 valence electrons. The van der Waals surface area contributed by atoms with Crippen molar-refractivity contribution in [2.75, 3.05) is 16.3 Å². The van der Waals surface area contributed by atoms with E-state index in [1.165, 1.54) is 99.8 Å². The normalized spacial score (nSPS) is 14.6. The van der Waals surface area contributed by atoms with Crippen molar-refractivity contribution < 1.29 is 0 Å². The molecule has 1 heterocycles. The largest absolute Gasteiger partial charge is 0.366 e. The maximum Gasteiger partial charge on any atom is 0.0540 e. The summed E-state index contributed by atoms with van der Waals surface area (Å²) < 4.78 is 0. The molecule has 0 bridgehead atoms. The van der Waals surface area contributed by atoms with Gasteiger partial charge >= 0.3 is 0 Å². The third-order valence-electron chi connectivity index (χ3n) is 12.8. The Labute approximate surface area is 324 Å². The van der Waals surface area contributed by atoms with E-state index in [0.29, 0.717) is 0 Å². The molecule has 0 amide bonds. The first-order chi connectivity index (χ1) is 26.7. The lowest BCUT2D eigenvalue weighted by molar-refractivity contribution is 0.518. The molecule has 0 N–H and O–H groups in total. The Bertz CT molecular complexity index is 2870. The summed E-state index contributed by atoms with van der Waals surface area (Å²) in [5, 5.41) is 5.08. The fraction of sp³-hybridized carbons (Fsp3) is 0.170. The molecule has 0 saturated carbocycles. The second kappa shape index (κ2) is 11.4. The lowest BCUT2D eigenvalue weighted by Crippen LogP contribution is -2.40. The van der Waals surface area contributed by atoms with Crippen molar-refractivity contribution in [1.82, 2.24) is 0 Å². The van der Waals surface area contributed by atoms with Gasteiger partial charge in [-0.15, -0.1) is 0 Å². The highest BCUT2D eigenvalue weighted by molar-refractivity contribution is 6.19. The highest BCUT2D eigenvalue weighted by atomic mass is 15.2. The molecule has 2 nitrogen and oxygen atoms in total. The zero-order valence-corrected chi connectivity index (χ0v) is 32.2. The predicted octanol–water partition coefficient (Wildman–Crippen LogP) is 14.2. The molecule has 8 aromatic carbocycles. The van der Waals surface area contributed by atoms with Crippen molar-refractivity contribution in [2.45, 2.75) is 52.0 Å². The second-order valence-corrected chi connectivity index (χ2v) is 17.2. The minimum absolute atomic E-state index is 0.00133. The SMILES string of the molecule is CC1(C)c2ccccc2-c2c(-c3cccc4c3N(C(C)(C)C)CC4)cc(N(c3ccc4ccccc4c3)c3ccc4c5c(cccc35)-c3ccccc3-4)cc21. The second-order valence-electron chi connectivity index (χ2n) is 17.2. The highest BCUT2D eigenvalue weighted by Gasteiger charge is 2.40. The average Bonchev–Trinajstić information content (AvgIpc) is 3.86. The van der Waals surface area contributed by atoms with Gasteiger partial charge in [0, 0.05) is 45.5 Å². The number of para-hydroxylation sites is 1. The summed E-state index contributed by atoms with van der Waals surface area (Å²) in [7, 11) is 0. The van der Waals surface area contributed by atoms with Crippen LogP contribution in [0.2, 0.25) is 0 Å². The van der Waals surface area contributed by atoms with Gasteiger partial charge in [-0.3, -0.25) is 0 Å². The van der Waals surface area contributed by atoms with Gasteiger partial charge in [0.15, 0.2) is 0 Å². The number of rotatable bonds is 4. The summed E-state index contributed by atoms with van der Waals surface area (Å²) >= 11 is 0. The van der Waals surface area contributed by atoms with E-state index >= 15 is 0 Å². The van der Waals surface area contributed by atoms with Crippen LogP contribution < -0.4 is 9.80 Å². The Morgan fingerprint density at radius 3 is 2.00 bits per heavy atom. The van der Waals surface area contributed by atoms with E-state index in [4.69, 9.17) is 0 Å². The van der Waals surface area contributed by atoms with Crippen LogP contribution in [0.4, 0.5) is 22.7 Å². The van der Waals surface area contributed by atoms with Crippen LogP contribution in [0.5, 0.6) is 0 Å². The first kappa shape index (κ1) is 32.3. The number of hydrogen-bond acceptors (Lipinski definition) is 2. The molecular weight excluding hydrogens is 665 g/mol. The molecule has 0 fully saturated rings. The van der Waals surface area contributed by atoms with Crippen LogP contribution in [0, 0.1) is 0 Å². The molecule has 0 unspecified atom stereocenters. The quantitative estimate of drug-likeness (QED) is 0.180. The summed E-state index contributed by atoms with van der Waals surface area (Å²) in [4.78, 5) is 5.19. The zero-order chi connectivity index (χ0) is 37.2. The van der Waals surface area contributed by atoms with Crippen molar-refractivity contribution in [3.05, 3.63) is 168 Å². The van der Waals surface area contributed by atoms with Gasteiger partial charge in [0.05, 0.1) is 5.69 Å². The minimum atomic E-state index is -0.183. The van der Waals surface area contributed by atoms with Crippen LogP contribution >= 0.6 is 0 Å². The van der Waals surface area contributed by atoms with Crippen LogP contribution in [-0.2, 0) is 11.8 Å². The highest BCUT2D eigenvalue weighted by Crippen LogP contribution is 2.57. The summed E-state index contributed by atoms with van der Waals surface area (Å²) in [6, 6.07) is 57.3. The monoisotopic (exact) mass is 708 g/mol. The van der Waals surface area contributed by atoms with Crippen molar-refractivity contribution >= 4 is 44.3 Å². The average molecular weight is 709 g/mol. The van der Waals surface area contributed by atoms with Crippen LogP contribution in [0.25, 0.3) is 66.1 Å². The van der Waals surface area contributed by atoms with Gasteiger partial charge in [-0.1, -0.05) is 135 Å². The Hall–Kier alpha value is -6.12. The van der Waals surface area contributed by atoms with Gasteiger partial charge in [-0.05, 0) is 129 Å². The van der Waals surface area contributed by atoms with Gasteiger partial charge in [0.2, 0.25) is 0 Å². The first-order valence-corrected chi connectivity index (χ1v) is 19.8. The van der Waals surface area contributed by atoms with E-state index < -0.39 is 0 Å². The number of anilines is 4. The molecule has 0 radical (unpaired) electrons. The van der Waals surface area contributed by atoms with Crippen molar-refractivity contribution in [2.24, 2.45) is 0 Å². The van der Waals surface area contributed by atoms with E-state index in [-0.39, 0.29) is 11.0 Å². The molecule has 2 heteroatoms. The summed E-state index contributed by atoms with van der Waals surface area (Å²) in [6.45, 7) is 12.9. The van der Waals surface area contributed by atoms with Crippen LogP contribution in [0.15, 0.2) is 152 Å². The molecule has 8 aromatic rings. The smallest absolute Gasteiger partial charge is 0.0540 e. The first-order valence-electron chi connectivity index (χ1n) is 19.8.